The van der Waals surface area contributed by atoms with E-state index in [1.54, 1.807) is 34.6 Å². The molecule has 0 saturated carbocycles. The molecule has 1 amide bonds. The van der Waals surface area contributed by atoms with E-state index in [2.05, 4.69) is 0 Å². The Morgan fingerprint density at radius 1 is 1.40 bits per heavy atom. The summed E-state index contributed by atoms with van der Waals surface area (Å²) in [7, 11) is 0. The molecule has 0 aromatic rings. The van der Waals surface area contributed by atoms with Crippen LogP contribution >= 0.6 is 0 Å². The van der Waals surface area contributed by atoms with Crippen LogP contribution in [-0.2, 0) is 19.0 Å². The Labute approximate surface area is 119 Å². The molecular formula is C14H23NO5. The van der Waals surface area contributed by atoms with Gasteiger partial charge in [0.2, 0.25) is 0 Å². The molecule has 0 spiro atoms. The Morgan fingerprint density at radius 3 is 2.55 bits per heavy atom. The number of rotatable bonds is 0. The number of esters is 1. The molecule has 2 saturated heterocycles. The molecule has 0 radical (unpaired) electrons. The molecule has 20 heavy (non-hydrogen) atoms. The lowest BCUT2D eigenvalue weighted by Gasteiger charge is -2.49. The van der Waals surface area contributed by atoms with Gasteiger partial charge in [0.15, 0.2) is 0 Å². The maximum atomic E-state index is 12.4. The summed E-state index contributed by atoms with van der Waals surface area (Å²) in [5.74, 6) is -0.304. The number of amides is 1. The first-order valence-electron chi connectivity index (χ1n) is 6.91. The number of carbonyl (C=O) groups is 2. The van der Waals surface area contributed by atoms with Crippen LogP contribution in [0, 0.1) is 0 Å². The van der Waals surface area contributed by atoms with E-state index in [0.29, 0.717) is 0 Å². The Bertz CT molecular complexity index is 426. The zero-order valence-corrected chi connectivity index (χ0v) is 12.9. The van der Waals surface area contributed by atoms with E-state index in [9.17, 15) is 9.59 Å². The van der Waals surface area contributed by atoms with Crippen molar-refractivity contribution in [3.05, 3.63) is 0 Å². The highest BCUT2D eigenvalue weighted by molar-refractivity contribution is 5.76. The van der Waals surface area contributed by atoms with Crippen LogP contribution in [-0.4, -0.2) is 46.5 Å². The van der Waals surface area contributed by atoms with Crippen molar-refractivity contribution in [2.45, 2.75) is 77.5 Å². The predicted octanol–water partition coefficient (Wildman–Crippen LogP) is 2.06. The first-order chi connectivity index (χ1) is 9.01. The van der Waals surface area contributed by atoms with Gasteiger partial charge in [0.25, 0.3) is 0 Å². The number of ether oxygens (including phenoxy) is 3. The Morgan fingerprint density at radius 2 is 2.00 bits per heavy atom. The third-order valence-corrected chi connectivity index (χ3v) is 3.46. The van der Waals surface area contributed by atoms with Gasteiger partial charge in [-0.25, -0.2) is 4.79 Å². The Balaban J connectivity index is 2.28. The van der Waals surface area contributed by atoms with Gasteiger partial charge in [-0.2, -0.15) is 0 Å². The predicted molar refractivity (Wildman–Crippen MR) is 71.0 cm³/mol. The molecule has 2 aliphatic rings. The molecule has 0 aromatic heterocycles. The van der Waals surface area contributed by atoms with Crippen LogP contribution in [0.5, 0.6) is 0 Å². The summed E-state index contributed by atoms with van der Waals surface area (Å²) >= 11 is 0. The summed E-state index contributed by atoms with van der Waals surface area (Å²) in [5.41, 5.74) is -1.44. The summed E-state index contributed by atoms with van der Waals surface area (Å²) in [6.45, 7) is 10.9. The van der Waals surface area contributed by atoms with Crippen LogP contribution in [0.25, 0.3) is 0 Å². The first-order valence-corrected chi connectivity index (χ1v) is 6.91. The van der Waals surface area contributed by atoms with E-state index in [1.165, 1.54) is 4.90 Å². The quantitative estimate of drug-likeness (QED) is 0.637. The minimum atomic E-state index is -0.836. The second-order valence-electron chi connectivity index (χ2n) is 6.85. The molecule has 6 nitrogen and oxygen atoms in total. The normalized spacial score (nSPS) is 32.6. The largest absolute Gasteiger partial charge is 0.457 e. The van der Waals surface area contributed by atoms with Gasteiger partial charge >= 0.3 is 12.1 Å². The number of carbonyl (C=O) groups excluding carboxylic acids is 2. The molecule has 2 heterocycles. The standard InChI is InChI=1S/C14H23NO5/c1-8-11-9(7-10(16)18-11)15(14(5,6)19-8)12(17)20-13(2,3)4/h8-9,11H,7H2,1-6H3/t8-,9+,11+/m1/s1. The molecule has 0 aliphatic carbocycles. The van der Waals surface area contributed by atoms with Gasteiger partial charge in [-0.3, -0.25) is 9.69 Å². The third-order valence-electron chi connectivity index (χ3n) is 3.46. The number of nitrogens with zero attached hydrogens (tertiary/aromatic N) is 1. The van der Waals surface area contributed by atoms with Crippen molar-refractivity contribution in [2.75, 3.05) is 0 Å². The monoisotopic (exact) mass is 285 g/mol. The van der Waals surface area contributed by atoms with Gasteiger partial charge in [0.05, 0.1) is 18.6 Å². The number of hydrogen-bond acceptors (Lipinski definition) is 5. The van der Waals surface area contributed by atoms with Gasteiger partial charge in [0, 0.05) is 0 Å². The van der Waals surface area contributed by atoms with Crippen molar-refractivity contribution in [1.29, 1.82) is 0 Å². The van der Waals surface area contributed by atoms with E-state index in [-0.39, 0.29) is 24.5 Å². The van der Waals surface area contributed by atoms with Crippen LogP contribution in [0.15, 0.2) is 0 Å². The van der Waals surface area contributed by atoms with Crippen LogP contribution in [0.1, 0.15) is 48.0 Å². The van der Waals surface area contributed by atoms with Crippen molar-refractivity contribution < 1.29 is 23.8 Å². The molecule has 0 bridgehead atoms. The average molecular weight is 285 g/mol. The van der Waals surface area contributed by atoms with Gasteiger partial charge < -0.3 is 14.2 Å². The number of fused-ring (bicyclic) bond motifs is 1. The van der Waals surface area contributed by atoms with Crippen molar-refractivity contribution >= 4 is 12.1 Å². The average Bonchev–Trinajstić information content (AvgIpc) is 2.55. The third kappa shape index (κ3) is 2.75. The Hall–Kier alpha value is -1.30. The fourth-order valence-electron chi connectivity index (χ4n) is 2.86. The molecule has 0 unspecified atom stereocenters. The lowest BCUT2D eigenvalue weighted by Crippen LogP contribution is -2.65. The Kier molecular flexibility index (Phi) is 3.48. The van der Waals surface area contributed by atoms with Gasteiger partial charge in [-0.15, -0.1) is 0 Å². The zero-order chi connectivity index (χ0) is 15.3. The van der Waals surface area contributed by atoms with Crippen molar-refractivity contribution in [3.8, 4) is 0 Å². The van der Waals surface area contributed by atoms with Crippen molar-refractivity contribution in [2.24, 2.45) is 0 Å². The molecule has 2 fully saturated rings. The molecule has 0 aromatic carbocycles. The second kappa shape index (κ2) is 4.62. The summed E-state index contributed by atoms with van der Waals surface area (Å²) in [5, 5.41) is 0. The maximum absolute atomic E-state index is 12.4. The van der Waals surface area contributed by atoms with E-state index < -0.39 is 23.5 Å². The number of hydrogen-bond donors (Lipinski definition) is 0. The maximum Gasteiger partial charge on any atom is 0.412 e. The second-order valence-corrected chi connectivity index (χ2v) is 6.85. The van der Waals surface area contributed by atoms with Crippen LogP contribution in [0.3, 0.4) is 0 Å². The summed E-state index contributed by atoms with van der Waals surface area (Å²) in [6.07, 6.45) is -0.980. The molecule has 3 atom stereocenters. The van der Waals surface area contributed by atoms with Crippen LogP contribution in [0.2, 0.25) is 0 Å². The lowest BCUT2D eigenvalue weighted by molar-refractivity contribution is -0.234. The molecular weight excluding hydrogens is 262 g/mol. The summed E-state index contributed by atoms with van der Waals surface area (Å²) in [4.78, 5) is 25.5. The smallest absolute Gasteiger partial charge is 0.412 e. The highest BCUT2D eigenvalue weighted by Gasteiger charge is 2.55. The van der Waals surface area contributed by atoms with Crippen LogP contribution < -0.4 is 0 Å². The van der Waals surface area contributed by atoms with Crippen molar-refractivity contribution in [3.63, 3.8) is 0 Å². The molecule has 6 heteroatoms. The van der Waals surface area contributed by atoms with Gasteiger partial charge in [-0.05, 0) is 41.5 Å². The van der Waals surface area contributed by atoms with E-state index in [4.69, 9.17) is 14.2 Å². The summed E-state index contributed by atoms with van der Waals surface area (Å²) in [6, 6.07) is -0.337. The van der Waals surface area contributed by atoms with Gasteiger partial charge in [-0.1, -0.05) is 0 Å². The zero-order valence-electron chi connectivity index (χ0n) is 12.9. The fraction of sp³-hybridized carbons (Fsp3) is 0.857. The SMILES string of the molecule is C[C@H]1OC(C)(C)N(C(=O)OC(C)(C)C)[C@H]2CC(=O)O[C@@H]12. The minimum absolute atomic E-state index is 0.182. The first kappa shape index (κ1) is 15.1. The summed E-state index contributed by atoms with van der Waals surface area (Å²) < 4.78 is 16.5. The lowest BCUT2D eigenvalue weighted by atomic mass is 9.98. The van der Waals surface area contributed by atoms with E-state index in [1.807, 2.05) is 6.92 Å². The minimum Gasteiger partial charge on any atom is -0.457 e. The fourth-order valence-corrected chi connectivity index (χ4v) is 2.86. The molecule has 2 rings (SSSR count). The topological polar surface area (TPSA) is 65.1 Å². The molecule has 0 N–H and O–H groups in total. The molecule has 114 valence electrons. The van der Waals surface area contributed by atoms with Crippen molar-refractivity contribution in [1.82, 2.24) is 4.90 Å². The highest BCUT2D eigenvalue weighted by atomic mass is 16.6. The highest BCUT2D eigenvalue weighted by Crippen LogP contribution is 2.38. The van der Waals surface area contributed by atoms with Crippen LogP contribution in [0.4, 0.5) is 4.79 Å². The van der Waals surface area contributed by atoms with E-state index in [0.717, 1.165) is 0 Å². The van der Waals surface area contributed by atoms with Gasteiger partial charge in [0.1, 0.15) is 17.4 Å². The van der Waals surface area contributed by atoms with E-state index >= 15 is 0 Å². The molecule has 2 aliphatic heterocycles.